The number of rotatable bonds is 1. The minimum atomic E-state index is 0. The van der Waals surface area contributed by atoms with Gasteiger partial charge in [-0.15, -0.1) is 0 Å². The van der Waals surface area contributed by atoms with Crippen LogP contribution in [-0.2, 0) is 39.0 Å². The van der Waals surface area contributed by atoms with Crippen molar-refractivity contribution in [3.8, 4) is 11.1 Å². The number of nitrogens with zero attached hydrogens (tertiary/aromatic N) is 16. The van der Waals surface area contributed by atoms with E-state index in [1.165, 1.54) is 0 Å². The van der Waals surface area contributed by atoms with Crippen molar-refractivity contribution in [2.45, 2.75) is 0 Å². The van der Waals surface area contributed by atoms with E-state index < -0.39 is 0 Å². The first-order valence-electron chi connectivity index (χ1n) is 32.4. The maximum absolute atomic E-state index is 5.14. The molecule has 0 unspecified atom stereocenters. The van der Waals surface area contributed by atoms with Gasteiger partial charge in [0.15, 0.2) is 0 Å². The predicted octanol–water partition coefficient (Wildman–Crippen LogP) is 18.9. The van der Waals surface area contributed by atoms with E-state index in [0.29, 0.717) is 0 Å². The monoisotopic (exact) mass is 1490 g/mol. The molecule has 0 N–H and O–H groups in total. The molecule has 14 heterocycles. The van der Waals surface area contributed by atoms with Crippen LogP contribution in [0.2, 0.25) is 0 Å². The molecular weight excluding hydrogens is 1440 g/mol. The fraction of sp³-hybridized carbons (Fsp3) is 0. The third-order valence-electron chi connectivity index (χ3n) is 17.7. The van der Waals surface area contributed by atoms with Crippen LogP contribution >= 0.6 is 0 Å². The van der Waals surface area contributed by atoms with E-state index in [4.69, 9.17) is 19.9 Å². The summed E-state index contributed by atoms with van der Waals surface area (Å²) in [5.41, 5.74) is 19.7. The second-order valence-corrected chi connectivity index (χ2v) is 23.7. The second kappa shape index (κ2) is 27.8. The topological polar surface area (TPSA) is 206 Å². The molecule has 0 aliphatic heterocycles. The summed E-state index contributed by atoms with van der Waals surface area (Å²) in [7, 11) is 0. The Morgan fingerprint density at radius 3 is 0.529 bits per heavy atom. The zero-order chi connectivity index (χ0) is 66.3. The molecule has 16 nitrogen and oxygen atoms in total. The van der Waals surface area contributed by atoms with Crippen molar-refractivity contribution in [3.63, 3.8) is 0 Å². The van der Waals surface area contributed by atoms with Crippen molar-refractivity contribution in [1.29, 1.82) is 0 Å². The van der Waals surface area contributed by atoms with E-state index >= 15 is 0 Å². The van der Waals surface area contributed by atoms with Crippen LogP contribution in [-0.4, -0.2) is 79.7 Å². The van der Waals surface area contributed by atoms with E-state index in [1.807, 2.05) is 109 Å². The van der Waals surface area contributed by atoms with Crippen LogP contribution in [0.4, 0.5) is 0 Å². The number of fused-ring (bicyclic) bond motifs is 26. The minimum Gasteiger partial charge on any atom is -0.254 e. The van der Waals surface area contributed by atoms with Crippen LogP contribution in [0.1, 0.15) is 0 Å². The maximum atomic E-state index is 5.14. The van der Waals surface area contributed by atoms with Crippen LogP contribution in [0.5, 0.6) is 0 Å². The summed E-state index contributed by atoms with van der Waals surface area (Å²) >= 11 is 0. The van der Waals surface area contributed by atoms with Crippen molar-refractivity contribution < 1.29 is 39.0 Å². The molecule has 0 saturated carbocycles. The normalized spacial score (nSPS) is 11.2. The first-order valence-corrected chi connectivity index (χ1v) is 32.4. The zero-order valence-corrected chi connectivity index (χ0v) is 57.2. The molecule has 0 spiro atoms. The first-order chi connectivity index (χ1) is 49.6. The molecule has 102 heavy (non-hydrogen) atoms. The predicted molar refractivity (Wildman–Crippen MR) is 402 cm³/mol. The molecule has 0 aliphatic carbocycles. The van der Waals surface area contributed by atoms with Crippen LogP contribution in [0, 0.1) is 0 Å². The van der Waals surface area contributed by atoms with Crippen molar-refractivity contribution in [3.05, 3.63) is 305 Å². The minimum absolute atomic E-state index is 0. The fourth-order valence-corrected chi connectivity index (χ4v) is 13.1. The molecule has 14 aromatic heterocycles. The number of aromatic nitrogens is 16. The van der Waals surface area contributed by atoms with Gasteiger partial charge in [-0.25, -0.2) is 19.9 Å². The second-order valence-electron chi connectivity index (χ2n) is 23.7. The quantitative estimate of drug-likeness (QED) is 0.0851. The molecule has 22 aromatic rings. The summed E-state index contributed by atoms with van der Waals surface area (Å²) in [6.45, 7) is 0. The van der Waals surface area contributed by atoms with Gasteiger partial charge >= 0.3 is 39.0 Å². The zero-order valence-electron chi connectivity index (χ0n) is 53.7. The first kappa shape index (κ1) is 63.8. The van der Waals surface area contributed by atoms with Gasteiger partial charge in [0.05, 0.1) is 110 Å². The SMILES string of the molecule is [Ru+2].[Ru+2].c1cnc2c(c1)c1nc3ccc(-c4ccc5nc6c7cccnc7c7ncccc7c6nc5c4)cc3nc1c1cccnc12.c1cnc2c(c1)ccc1cccnc12.c1cnc2c(c1)ccc1cccnc12.c1cnc2c(c1)ccc1cccnc12.c1cnc2c(c1)ccc1cccnc12. The van der Waals surface area contributed by atoms with Gasteiger partial charge in [0.2, 0.25) is 0 Å². The third kappa shape index (κ3) is 11.9. The molecule has 0 bridgehead atoms. The summed E-state index contributed by atoms with van der Waals surface area (Å²) < 4.78 is 0. The van der Waals surface area contributed by atoms with Gasteiger partial charge in [-0.2, -0.15) is 0 Å². The van der Waals surface area contributed by atoms with Gasteiger partial charge in [0.1, 0.15) is 0 Å². The Kier molecular flexibility index (Phi) is 17.4. The van der Waals surface area contributed by atoms with Crippen molar-refractivity contribution in [2.75, 3.05) is 0 Å². The Hall–Kier alpha value is -12.9. The summed E-state index contributed by atoms with van der Waals surface area (Å²) in [6.07, 6.45) is 21.6. The Morgan fingerprint density at radius 1 is 0.147 bits per heavy atom. The van der Waals surface area contributed by atoms with Crippen molar-refractivity contribution >= 4 is 175 Å². The van der Waals surface area contributed by atoms with E-state index in [9.17, 15) is 0 Å². The van der Waals surface area contributed by atoms with E-state index in [-0.39, 0.29) is 39.0 Å². The average Bonchev–Trinajstić information content (AvgIpc) is 0.738. The van der Waals surface area contributed by atoms with Gasteiger partial charge < -0.3 is 0 Å². The Balaban J connectivity index is 0.000000113. The van der Waals surface area contributed by atoms with E-state index in [0.717, 1.165) is 186 Å². The van der Waals surface area contributed by atoms with Crippen LogP contribution in [0.25, 0.3) is 186 Å². The van der Waals surface area contributed by atoms with Gasteiger partial charge in [-0.05, 0) is 132 Å². The summed E-state index contributed by atoms with van der Waals surface area (Å²) in [5, 5.41) is 12.9. The molecule has 8 aromatic carbocycles. The molecule has 22 rings (SSSR count). The average molecular weight is 1490 g/mol. The third-order valence-corrected chi connectivity index (χ3v) is 17.7. The van der Waals surface area contributed by atoms with Crippen LogP contribution < -0.4 is 0 Å². The number of hydrogen-bond donors (Lipinski definition) is 0. The Morgan fingerprint density at radius 2 is 0.324 bits per heavy atom. The van der Waals surface area contributed by atoms with Crippen LogP contribution in [0.15, 0.2) is 305 Å². The number of pyridine rings is 12. The Labute approximate surface area is 605 Å². The molecule has 0 amide bonds. The van der Waals surface area contributed by atoms with Gasteiger partial charge in [0.25, 0.3) is 0 Å². The summed E-state index contributed by atoms with van der Waals surface area (Å²) in [6, 6.07) is 76.8. The maximum Gasteiger partial charge on any atom is 2.00 e. The number of hydrogen-bond acceptors (Lipinski definition) is 16. The van der Waals surface area contributed by atoms with Crippen molar-refractivity contribution in [1.82, 2.24) is 79.7 Å². The molecule has 18 heteroatoms. The molecule has 478 valence electrons. The molecule has 0 saturated heterocycles. The van der Waals surface area contributed by atoms with Crippen molar-refractivity contribution in [2.24, 2.45) is 0 Å². The summed E-state index contributed by atoms with van der Waals surface area (Å²) in [5.74, 6) is 0. The molecule has 0 atom stereocenters. The molecule has 0 radical (unpaired) electrons. The van der Waals surface area contributed by atoms with Gasteiger partial charge in [-0.3, -0.25) is 59.8 Å². The smallest absolute Gasteiger partial charge is 0.254 e. The Bertz CT molecular complexity index is 6130. The largest absolute Gasteiger partial charge is 2.00 e. The standard InChI is InChI=1S/C36H18N8.4C12H8N2.2Ru/c1-5-21-29(37-13-1)31-23(7-3-15-39-31)35-33(21)41-25-11-9-19(17-27(25)43-35)20-10-12-26-28(18-20)44-36-24-8-4-16-40-32(24)30-22(34(36)42-26)6-2-14-38-30;4*1-3-9-5-6-10-4-2-8-14-12(10)11(9)13-7-1;;/h1-18H;4*1-8H;;/q;;;;;2*+2. The number of benzene rings is 8. The molecule has 0 fully saturated rings. The van der Waals surface area contributed by atoms with Gasteiger partial charge in [-0.1, -0.05) is 109 Å². The van der Waals surface area contributed by atoms with Crippen LogP contribution in [0.3, 0.4) is 0 Å². The fourth-order valence-electron chi connectivity index (χ4n) is 13.1. The summed E-state index contributed by atoms with van der Waals surface area (Å²) in [4.78, 5) is 73.7. The molecule has 0 aliphatic rings. The van der Waals surface area contributed by atoms with E-state index in [1.54, 1.807) is 74.4 Å². The van der Waals surface area contributed by atoms with Gasteiger partial charge in [0, 0.05) is 139 Å². The molecular formula is C84H50N16Ru2+4. The van der Waals surface area contributed by atoms with E-state index in [2.05, 4.69) is 181 Å².